The van der Waals surface area contributed by atoms with Crippen LogP contribution < -0.4 is 5.32 Å². The topological polar surface area (TPSA) is 87.5 Å². The Labute approximate surface area is 150 Å². The summed E-state index contributed by atoms with van der Waals surface area (Å²) in [5.74, 6) is -2.10. The number of halogens is 3. The van der Waals surface area contributed by atoms with Crippen molar-refractivity contribution in [3.63, 3.8) is 0 Å². The van der Waals surface area contributed by atoms with Crippen LogP contribution in [-0.2, 0) is 22.2 Å². The number of carbonyl (C=O) groups excluding carboxylic acids is 2. The molecule has 0 radical (unpaired) electrons. The molecule has 10 heteroatoms. The first-order valence-electron chi connectivity index (χ1n) is 8.38. The Hall–Kier alpha value is -2.10. The van der Waals surface area contributed by atoms with E-state index in [-0.39, 0.29) is 13.1 Å². The molecule has 1 aromatic rings. The SMILES string of the molecule is CCCNC(=O)CN(CCC)C(=O)CC(O)(c1nccn1C)C(F)(F)F. The number of hydrogen-bond donors (Lipinski definition) is 2. The van der Waals surface area contributed by atoms with Gasteiger partial charge < -0.3 is 19.9 Å². The van der Waals surface area contributed by atoms with Crippen molar-refractivity contribution in [2.45, 2.75) is 44.9 Å². The van der Waals surface area contributed by atoms with Gasteiger partial charge >= 0.3 is 6.18 Å². The molecule has 26 heavy (non-hydrogen) atoms. The normalized spacial score (nSPS) is 14.0. The first-order chi connectivity index (χ1) is 12.1. The first kappa shape index (κ1) is 21.9. The highest BCUT2D eigenvalue weighted by atomic mass is 19.4. The van der Waals surface area contributed by atoms with Gasteiger partial charge in [-0.1, -0.05) is 13.8 Å². The van der Waals surface area contributed by atoms with E-state index in [1.54, 1.807) is 6.92 Å². The predicted molar refractivity (Wildman–Crippen MR) is 87.9 cm³/mol. The molecule has 0 fully saturated rings. The molecule has 148 valence electrons. The van der Waals surface area contributed by atoms with Crippen molar-refractivity contribution in [2.75, 3.05) is 19.6 Å². The zero-order valence-electron chi connectivity index (χ0n) is 15.1. The van der Waals surface area contributed by atoms with Gasteiger partial charge in [0.1, 0.15) is 0 Å². The highest BCUT2D eigenvalue weighted by Gasteiger charge is 2.59. The third-order valence-corrected chi connectivity index (χ3v) is 3.82. The van der Waals surface area contributed by atoms with Crippen LogP contribution in [0.5, 0.6) is 0 Å². The fourth-order valence-corrected chi connectivity index (χ4v) is 2.46. The van der Waals surface area contributed by atoms with Crippen LogP contribution in [0.25, 0.3) is 0 Å². The largest absolute Gasteiger partial charge is 0.425 e. The lowest BCUT2D eigenvalue weighted by atomic mass is 9.96. The van der Waals surface area contributed by atoms with Gasteiger partial charge in [0.05, 0.1) is 13.0 Å². The quantitative estimate of drug-likeness (QED) is 0.679. The van der Waals surface area contributed by atoms with E-state index < -0.39 is 35.8 Å². The third kappa shape index (κ3) is 5.20. The van der Waals surface area contributed by atoms with Crippen LogP contribution in [0, 0.1) is 0 Å². The zero-order chi connectivity index (χ0) is 20.0. The van der Waals surface area contributed by atoms with Gasteiger partial charge in [0, 0.05) is 32.5 Å². The van der Waals surface area contributed by atoms with Crippen LogP contribution in [0.2, 0.25) is 0 Å². The Morgan fingerprint density at radius 1 is 1.31 bits per heavy atom. The minimum Gasteiger partial charge on any atom is -0.374 e. The number of aliphatic hydroxyl groups is 1. The van der Waals surface area contributed by atoms with E-state index in [9.17, 15) is 27.9 Å². The molecule has 0 aliphatic carbocycles. The summed E-state index contributed by atoms with van der Waals surface area (Å²) in [4.78, 5) is 28.9. The minimum absolute atomic E-state index is 0.104. The summed E-state index contributed by atoms with van der Waals surface area (Å²) in [6.07, 6.45) is -2.84. The number of carbonyl (C=O) groups is 2. The van der Waals surface area contributed by atoms with Gasteiger partial charge in [-0.25, -0.2) is 4.98 Å². The highest BCUT2D eigenvalue weighted by Crippen LogP contribution is 2.41. The summed E-state index contributed by atoms with van der Waals surface area (Å²) in [7, 11) is 1.30. The van der Waals surface area contributed by atoms with Crippen molar-refractivity contribution in [1.29, 1.82) is 0 Å². The molecule has 1 atom stereocenters. The van der Waals surface area contributed by atoms with Crippen molar-refractivity contribution < 1.29 is 27.9 Å². The second-order valence-corrected chi connectivity index (χ2v) is 6.06. The van der Waals surface area contributed by atoms with Gasteiger partial charge in [-0.2, -0.15) is 13.2 Å². The van der Waals surface area contributed by atoms with Crippen molar-refractivity contribution in [2.24, 2.45) is 7.05 Å². The number of nitrogens with one attached hydrogen (secondary N) is 1. The van der Waals surface area contributed by atoms with Crippen LogP contribution in [-0.4, -0.2) is 57.2 Å². The molecule has 0 aliphatic heterocycles. The lowest BCUT2D eigenvalue weighted by Gasteiger charge is -2.31. The summed E-state index contributed by atoms with van der Waals surface area (Å²) >= 11 is 0. The number of nitrogens with zero attached hydrogens (tertiary/aromatic N) is 3. The molecule has 7 nitrogen and oxygen atoms in total. The Morgan fingerprint density at radius 2 is 1.96 bits per heavy atom. The van der Waals surface area contributed by atoms with Gasteiger partial charge in [0.25, 0.3) is 0 Å². The zero-order valence-corrected chi connectivity index (χ0v) is 15.1. The number of hydrogen-bond acceptors (Lipinski definition) is 4. The Morgan fingerprint density at radius 3 is 2.42 bits per heavy atom. The maximum Gasteiger partial charge on any atom is 0.425 e. The Balaban J connectivity index is 3.03. The fourth-order valence-electron chi connectivity index (χ4n) is 2.46. The highest BCUT2D eigenvalue weighted by molar-refractivity contribution is 5.85. The standard InChI is InChI=1S/C16H25F3N4O3/c1-4-6-20-12(24)11-23(8-5-2)13(25)10-15(26,16(17,18)19)14-21-7-9-22(14)3/h7,9,26H,4-6,8,10-11H2,1-3H3,(H,20,24). The Bertz CT molecular complexity index is 618. The van der Waals surface area contributed by atoms with Crippen LogP contribution in [0.15, 0.2) is 12.4 Å². The van der Waals surface area contributed by atoms with Gasteiger partial charge in [-0.15, -0.1) is 0 Å². The molecule has 0 bridgehead atoms. The molecule has 0 saturated heterocycles. The van der Waals surface area contributed by atoms with Gasteiger partial charge in [0.2, 0.25) is 17.4 Å². The van der Waals surface area contributed by atoms with Crippen molar-refractivity contribution >= 4 is 11.8 Å². The minimum atomic E-state index is -5.11. The number of aromatic nitrogens is 2. The summed E-state index contributed by atoms with van der Waals surface area (Å²) in [5.41, 5.74) is -3.44. The van der Waals surface area contributed by atoms with Crippen molar-refractivity contribution in [3.05, 3.63) is 18.2 Å². The van der Waals surface area contributed by atoms with Crippen LogP contribution in [0.3, 0.4) is 0 Å². The lowest BCUT2D eigenvalue weighted by Crippen LogP contribution is -2.50. The average Bonchev–Trinajstić information content (AvgIpc) is 2.97. The Kier molecular flexibility index (Phi) is 7.61. The van der Waals surface area contributed by atoms with E-state index in [1.165, 1.54) is 13.2 Å². The van der Waals surface area contributed by atoms with Crippen LogP contribution >= 0.6 is 0 Å². The van der Waals surface area contributed by atoms with E-state index in [1.807, 2.05) is 6.92 Å². The molecule has 1 rings (SSSR count). The molecule has 1 unspecified atom stereocenters. The second-order valence-electron chi connectivity index (χ2n) is 6.06. The molecule has 0 saturated carbocycles. The van der Waals surface area contributed by atoms with Gasteiger partial charge in [-0.3, -0.25) is 9.59 Å². The smallest absolute Gasteiger partial charge is 0.374 e. The molecule has 2 N–H and O–H groups in total. The average molecular weight is 378 g/mol. The summed E-state index contributed by atoms with van der Waals surface area (Å²) in [6, 6.07) is 0. The molecule has 1 aromatic heterocycles. The predicted octanol–water partition coefficient (Wildman–Crippen LogP) is 1.32. The van der Waals surface area contributed by atoms with E-state index in [4.69, 9.17) is 0 Å². The molecule has 0 aliphatic rings. The van der Waals surface area contributed by atoms with E-state index in [0.29, 0.717) is 19.4 Å². The molecule has 1 heterocycles. The molecule has 0 spiro atoms. The van der Waals surface area contributed by atoms with E-state index in [0.717, 1.165) is 15.7 Å². The van der Waals surface area contributed by atoms with Gasteiger partial charge in [0.15, 0.2) is 5.82 Å². The van der Waals surface area contributed by atoms with Crippen molar-refractivity contribution in [1.82, 2.24) is 19.8 Å². The fraction of sp³-hybridized carbons (Fsp3) is 0.688. The monoisotopic (exact) mass is 378 g/mol. The summed E-state index contributed by atoms with van der Waals surface area (Å²) in [5, 5.41) is 12.9. The van der Waals surface area contributed by atoms with Gasteiger partial charge in [-0.05, 0) is 12.8 Å². The number of imidazole rings is 1. The van der Waals surface area contributed by atoms with E-state index in [2.05, 4.69) is 10.3 Å². The third-order valence-electron chi connectivity index (χ3n) is 3.82. The maximum absolute atomic E-state index is 13.5. The number of aryl methyl sites for hydroxylation is 1. The van der Waals surface area contributed by atoms with Crippen LogP contribution in [0.4, 0.5) is 13.2 Å². The van der Waals surface area contributed by atoms with Crippen LogP contribution in [0.1, 0.15) is 38.9 Å². The summed E-state index contributed by atoms with van der Waals surface area (Å²) in [6.45, 7) is 3.74. The molecule has 2 amide bonds. The second kappa shape index (κ2) is 9.02. The molecular weight excluding hydrogens is 353 g/mol. The first-order valence-corrected chi connectivity index (χ1v) is 8.38. The number of rotatable bonds is 9. The van der Waals surface area contributed by atoms with Crippen molar-refractivity contribution in [3.8, 4) is 0 Å². The summed E-state index contributed by atoms with van der Waals surface area (Å²) < 4.78 is 41.6. The molecular formula is C16H25F3N4O3. The number of amides is 2. The molecule has 0 aromatic carbocycles. The number of alkyl halides is 3. The lowest BCUT2D eigenvalue weighted by molar-refractivity contribution is -0.271. The maximum atomic E-state index is 13.5. The van der Waals surface area contributed by atoms with E-state index >= 15 is 0 Å².